The maximum absolute atomic E-state index is 13.3. The molecule has 2 bridgehead atoms. The third-order valence-electron chi connectivity index (χ3n) is 6.78. The van der Waals surface area contributed by atoms with Gasteiger partial charge in [-0.1, -0.05) is 30.3 Å². The van der Waals surface area contributed by atoms with Crippen LogP contribution in [-0.2, 0) is 0 Å². The van der Waals surface area contributed by atoms with Crippen LogP contribution in [0.25, 0.3) is 0 Å². The monoisotopic (exact) mass is 363 g/mol. The Labute approximate surface area is 162 Å². The molecule has 3 aliphatic rings. The summed E-state index contributed by atoms with van der Waals surface area (Å²) in [7, 11) is 2.23. The lowest BCUT2D eigenvalue weighted by atomic mass is 9.65. The van der Waals surface area contributed by atoms with E-state index in [0.717, 1.165) is 36.6 Å². The van der Waals surface area contributed by atoms with Gasteiger partial charge >= 0.3 is 0 Å². The first-order valence-electron chi connectivity index (χ1n) is 10.0. The number of benzene rings is 1. The topological polar surface area (TPSA) is 45.2 Å². The Hall–Kier alpha value is -2.20. The third-order valence-corrected chi connectivity index (χ3v) is 6.78. The van der Waals surface area contributed by atoms with E-state index in [1.54, 1.807) is 6.20 Å². The quantitative estimate of drug-likeness (QED) is 0.891. The maximum atomic E-state index is 13.3. The summed E-state index contributed by atoms with van der Waals surface area (Å²) in [5.74, 6) is 0.800. The summed E-state index contributed by atoms with van der Waals surface area (Å²) >= 11 is 0. The van der Waals surface area contributed by atoms with Crippen LogP contribution < -0.4 is 5.32 Å². The Morgan fingerprint density at radius 2 is 1.89 bits per heavy atom. The average molecular weight is 364 g/mol. The van der Waals surface area contributed by atoms with Crippen LogP contribution in [0.3, 0.4) is 0 Å². The molecule has 0 unspecified atom stereocenters. The van der Waals surface area contributed by atoms with Crippen molar-refractivity contribution in [3.05, 3.63) is 65.0 Å². The van der Waals surface area contributed by atoms with Crippen LogP contribution in [0, 0.1) is 19.8 Å². The van der Waals surface area contributed by atoms with Crippen molar-refractivity contribution < 1.29 is 4.79 Å². The predicted octanol–water partition coefficient (Wildman–Crippen LogP) is 4.04. The predicted molar refractivity (Wildman–Crippen MR) is 108 cm³/mol. The number of rotatable bonds is 4. The number of likely N-dealkylation sites (N-methyl/N-ethyl adjacent to an activating group) is 1. The second-order valence-corrected chi connectivity index (χ2v) is 8.33. The first-order valence-corrected chi connectivity index (χ1v) is 10.0. The molecule has 2 saturated heterocycles. The SMILES string of the molecule is Cc1ccnc(C)c1C(=O)N[C@H](c1ccccc1)C12CCC(CC1)CN2C. The molecular weight excluding hydrogens is 334 g/mol. The van der Waals surface area contributed by atoms with E-state index < -0.39 is 0 Å². The van der Waals surface area contributed by atoms with Gasteiger partial charge in [-0.15, -0.1) is 0 Å². The first kappa shape index (κ1) is 18.2. The molecule has 1 aromatic heterocycles. The number of pyridine rings is 1. The van der Waals surface area contributed by atoms with Crippen LogP contribution in [0.5, 0.6) is 0 Å². The van der Waals surface area contributed by atoms with Gasteiger partial charge in [0, 0.05) is 18.3 Å². The maximum Gasteiger partial charge on any atom is 0.253 e. The number of carbonyl (C=O) groups is 1. The van der Waals surface area contributed by atoms with E-state index in [2.05, 4.69) is 46.5 Å². The van der Waals surface area contributed by atoms with Crippen molar-refractivity contribution in [3.63, 3.8) is 0 Å². The number of nitrogens with one attached hydrogen (secondary N) is 1. The van der Waals surface area contributed by atoms with Gasteiger partial charge in [-0.05, 0) is 69.7 Å². The smallest absolute Gasteiger partial charge is 0.253 e. The fraction of sp³-hybridized carbons (Fsp3) is 0.478. The number of nitrogens with zero attached hydrogens (tertiary/aromatic N) is 2. The molecule has 142 valence electrons. The number of hydrogen-bond acceptors (Lipinski definition) is 3. The summed E-state index contributed by atoms with van der Waals surface area (Å²) < 4.78 is 0. The van der Waals surface area contributed by atoms with Crippen molar-refractivity contribution in [1.29, 1.82) is 0 Å². The summed E-state index contributed by atoms with van der Waals surface area (Å²) in [5.41, 5.74) is 3.66. The molecule has 1 aromatic carbocycles. The van der Waals surface area contributed by atoms with E-state index in [1.807, 2.05) is 26.0 Å². The third kappa shape index (κ3) is 3.16. The van der Waals surface area contributed by atoms with Crippen molar-refractivity contribution in [3.8, 4) is 0 Å². The second-order valence-electron chi connectivity index (χ2n) is 8.33. The Kier molecular flexibility index (Phi) is 4.77. The largest absolute Gasteiger partial charge is 0.343 e. The number of fused-ring (bicyclic) bond motifs is 3. The summed E-state index contributed by atoms with van der Waals surface area (Å²) in [5, 5.41) is 3.43. The lowest BCUT2D eigenvalue weighted by Crippen LogP contribution is -2.62. The molecule has 5 rings (SSSR count). The van der Waals surface area contributed by atoms with Crippen LogP contribution in [0.4, 0.5) is 0 Å². The minimum atomic E-state index is -0.0172. The Morgan fingerprint density at radius 1 is 1.19 bits per heavy atom. The molecule has 1 amide bonds. The van der Waals surface area contributed by atoms with Crippen LogP contribution in [-0.4, -0.2) is 34.9 Å². The van der Waals surface area contributed by atoms with Crippen LogP contribution >= 0.6 is 0 Å². The summed E-state index contributed by atoms with van der Waals surface area (Å²) in [6.07, 6.45) is 6.56. The zero-order chi connectivity index (χ0) is 19.0. The number of aromatic nitrogens is 1. The fourth-order valence-corrected chi connectivity index (χ4v) is 5.23. The number of piperidine rings is 2. The van der Waals surface area contributed by atoms with Gasteiger partial charge in [0.1, 0.15) is 0 Å². The molecule has 0 spiro atoms. The minimum Gasteiger partial charge on any atom is -0.343 e. The van der Waals surface area contributed by atoms with E-state index in [9.17, 15) is 4.79 Å². The molecule has 27 heavy (non-hydrogen) atoms. The highest BCUT2D eigenvalue weighted by Gasteiger charge is 2.50. The van der Waals surface area contributed by atoms with Crippen LogP contribution in [0.1, 0.15) is 58.9 Å². The molecule has 1 aliphatic carbocycles. The minimum absolute atomic E-state index is 0.00418. The van der Waals surface area contributed by atoms with Crippen LogP contribution in [0.2, 0.25) is 0 Å². The molecule has 0 radical (unpaired) electrons. The van der Waals surface area contributed by atoms with E-state index in [4.69, 9.17) is 0 Å². The van der Waals surface area contributed by atoms with Crippen LogP contribution in [0.15, 0.2) is 42.6 Å². The molecule has 4 heteroatoms. The highest BCUT2D eigenvalue weighted by Crippen LogP contribution is 2.49. The summed E-state index contributed by atoms with van der Waals surface area (Å²) in [6, 6.07) is 12.4. The zero-order valence-corrected chi connectivity index (χ0v) is 16.5. The number of carbonyl (C=O) groups excluding carboxylic acids is 1. The number of amides is 1. The van der Waals surface area contributed by atoms with Gasteiger partial charge in [-0.3, -0.25) is 14.7 Å². The first-order chi connectivity index (χ1) is 13.0. The summed E-state index contributed by atoms with van der Waals surface area (Å²) in [6.45, 7) is 5.02. The van der Waals surface area contributed by atoms with Crippen molar-refractivity contribution in [1.82, 2.24) is 15.2 Å². The standard InChI is InChI=1S/C23H29N3O/c1-16-11-14-24-17(2)20(16)22(27)25-21(19-7-5-4-6-8-19)23-12-9-18(10-13-23)15-26(23)3/h4-8,11,14,18,21H,9-10,12-13,15H2,1-3H3,(H,25,27)/t18?,21-,23?/m1/s1. The molecule has 4 nitrogen and oxygen atoms in total. The van der Waals surface area contributed by atoms with Crippen molar-refractivity contribution in [2.45, 2.75) is 51.1 Å². The van der Waals surface area contributed by atoms with E-state index in [-0.39, 0.29) is 17.5 Å². The zero-order valence-electron chi connectivity index (χ0n) is 16.5. The highest BCUT2D eigenvalue weighted by atomic mass is 16.1. The van der Waals surface area contributed by atoms with Gasteiger partial charge in [-0.2, -0.15) is 0 Å². The second kappa shape index (κ2) is 7.08. The normalized spacial score (nSPS) is 26.0. The van der Waals surface area contributed by atoms with Gasteiger partial charge in [0.25, 0.3) is 5.91 Å². The molecule has 1 atom stereocenters. The van der Waals surface area contributed by atoms with E-state index in [1.165, 1.54) is 18.4 Å². The molecular formula is C23H29N3O. The molecule has 3 fully saturated rings. The van der Waals surface area contributed by atoms with Gasteiger partial charge in [-0.25, -0.2) is 0 Å². The van der Waals surface area contributed by atoms with Crippen molar-refractivity contribution in [2.75, 3.05) is 13.6 Å². The Balaban J connectivity index is 1.72. The van der Waals surface area contributed by atoms with Crippen molar-refractivity contribution >= 4 is 5.91 Å². The van der Waals surface area contributed by atoms with E-state index in [0.29, 0.717) is 5.56 Å². The summed E-state index contributed by atoms with van der Waals surface area (Å²) in [4.78, 5) is 20.2. The van der Waals surface area contributed by atoms with E-state index >= 15 is 0 Å². The number of aryl methyl sites for hydroxylation is 2. The molecule has 2 aromatic rings. The Morgan fingerprint density at radius 3 is 2.52 bits per heavy atom. The molecule has 3 heterocycles. The van der Waals surface area contributed by atoms with Gasteiger partial charge in [0.05, 0.1) is 17.3 Å². The van der Waals surface area contributed by atoms with Gasteiger partial charge in [0.2, 0.25) is 0 Å². The van der Waals surface area contributed by atoms with Crippen molar-refractivity contribution in [2.24, 2.45) is 5.92 Å². The fourth-order valence-electron chi connectivity index (χ4n) is 5.23. The Bertz CT molecular complexity index is 805. The number of hydrogen-bond donors (Lipinski definition) is 1. The molecule has 1 N–H and O–H groups in total. The molecule has 1 saturated carbocycles. The average Bonchev–Trinajstić information content (AvgIpc) is 2.67. The lowest BCUT2D eigenvalue weighted by Gasteiger charge is -2.57. The van der Waals surface area contributed by atoms with Gasteiger partial charge in [0.15, 0.2) is 0 Å². The van der Waals surface area contributed by atoms with Gasteiger partial charge < -0.3 is 5.32 Å². The molecule has 2 aliphatic heterocycles. The highest BCUT2D eigenvalue weighted by molar-refractivity contribution is 5.97. The lowest BCUT2D eigenvalue weighted by molar-refractivity contribution is -0.0404.